The lowest BCUT2D eigenvalue weighted by atomic mass is 10.0. The number of ether oxygens (including phenoxy) is 1. The van der Waals surface area contributed by atoms with Gasteiger partial charge < -0.3 is 15.0 Å². The Balaban J connectivity index is 1.40. The molecular weight excluding hydrogens is 420 g/mol. The largest absolute Gasteiger partial charge is 0.493 e. The van der Waals surface area contributed by atoms with Gasteiger partial charge in [0.2, 0.25) is 11.8 Å². The monoisotopic (exact) mass is 440 g/mol. The van der Waals surface area contributed by atoms with Crippen molar-refractivity contribution in [2.75, 3.05) is 18.1 Å². The Morgan fingerprint density at radius 2 is 2.04 bits per heavy atom. The second-order valence-electron chi connectivity index (χ2n) is 6.95. The van der Waals surface area contributed by atoms with E-state index in [1.165, 1.54) is 0 Å². The van der Waals surface area contributed by atoms with Gasteiger partial charge in [-0.3, -0.25) is 9.59 Å². The summed E-state index contributed by atoms with van der Waals surface area (Å²) in [5.41, 5.74) is 2.82. The van der Waals surface area contributed by atoms with Gasteiger partial charge in [0.1, 0.15) is 5.75 Å². The van der Waals surface area contributed by atoms with E-state index in [0.717, 1.165) is 46.4 Å². The van der Waals surface area contributed by atoms with Crippen molar-refractivity contribution in [2.24, 2.45) is 0 Å². The highest BCUT2D eigenvalue weighted by molar-refractivity contribution is 9.10. The molecule has 28 heavy (non-hydrogen) atoms. The fourth-order valence-electron chi connectivity index (χ4n) is 3.59. The van der Waals surface area contributed by atoms with Crippen LogP contribution in [0.25, 0.3) is 6.08 Å². The molecule has 2 heterocycles. The molecule has 0 spiro atoms. The lowest BCUT2D eigenvalue weighted by Gasteiger charge is -2.26. The van der Waals surface area contributed by atoms with Gasteiger partial charge in [0.25, 0.3) is 0 Å². The second kappa shape index (κ2) is 8.19. The maximum atomic E-state index is 12.4. The highest BCUT2D eigenvalue weighted by Gasteiger charge is 2.23. The Hall–Kier alpha value is -2.60. The van der Waals surface area contributed by atoms with E-state index in [0.29, 0.717) is 13.0 Å². The van der Waals surface area contributed by atoms with Crippen molar-refractivity contribution >= 4 is 39.5 Å². The van der Waals surface area contributed by atoms with Gasteiger partial charge in [0.05, 0.1) is 12.6 Å². The number of amides is 2. The third-order valence-electron chi connectivity index (χ3n) is 5.03. The third kappa shape index (κ3) is 4.12. The zero-order valence-electron chi connectivity index (χ0n) is 15.4. The third-order valence-corrected chi connectivity index (χ3v) is 5.53. The molecule has 2 amide bonds. The van der Waals surface area contributed by atoms with Crippen molar-refractivity contribution in [3.63, 3.8) is 0 Å². The predicted octanol–water partition coefficient (Wildman–Crippen LogP) is 4.23. The predicted molar refractivity (Wildman–Crippen MR) is 112 cm³/mol. The van der Waals surface area contributed by atoms with Crippen molar-refractivity contribution in [3.05, 3.63) is 64.1 Å². The maximum absolute atomic E-state index is 12.4. The summed E-state index contributed by atoms with van der Waals surface area (Å²) in [6.07, 6.45) is 5.59. The molecule has 1 saturated heterocycles. The first-order valence-corrected chi connectivity index (χ1v) is 10.2. The molecule has 1 atom stereocenters. The number of rotatable bonds is 4. The Morgan fingerprint density at radius 3 is 2.79 bits per heavy atom. The number of fused-ring (bicyclic) bond motifs is 1. The molecule has 0 radical (unpaired) electrons. The first kappa shape index (κ1) is 18.7. The summed E-state index contributed by atoms with van der Waals surface area (Å²) < 4.78 is 6.62. The van der Waals surface area contributed by atoms with Crippen LogP contribution in [0.3, 0.4) is 0 Å². The fraction of sp³-hybridized carbons (Fsp3) is 0.273. The number of benzene rings is 2. The lowest BCUT2D eigenvalue weighted by molar-refractivity contribution is -0.118. The molecule has 1 N–H and O–H groups in total. The zero-order chi connectivity index (χ0) is 19.5. The normalized spacial score (nSPS) is 18.8. The summed E-state index contributed by atoms with van der Waals surface area (Å²) in [7, 11) is 0. The summed E-state index contributed by atoms with van der Waals surface area (Å²) in [5.74, 6) is 0.846. The standard InChI is InChI=1S/C22H21BrN2O3/c23-16-6-9-20-18(14-16)19(11-13-28-20)24-21(26)10-5-15-3-7-17(8-4-15)25-12-1-2-22(25)27/h3-10,14,19H,1-2,11-13H2,(H,24,26)/b10-5+. The minimum Gasteiger partial charge on any atom is -0.493 e. The van der Waals surface area contributed by atoms with Gasteiger partial charge in [-0.1, -0.05) is 28.1 Å². The SMILES string of the molecule is O=C(/C=C/c1ccc(N2CCCC2=O)cc1)NC1CCOc2ccc(Br)cc21. The van der Waals surface area contributed by atoms with Gasteiger partial charge in [0, 0.05) is 41.2 Å². The van der Waals surface area contributed by atoms with Gasteiger partial charge in [-0.15, -0.1) is 0 Å². The number of hydrogen-bond donors (Lipinski definition) is 1. The quantitative estimate of drug-likeness (QED) is 0.723. The number of anilines is 1. The Kier molecular flexibility index (Phi) is 5.48. The van der Waals surface area contributed by atoms with Gasteiger partial charge in [-0.2, -0.15) is 0 Å². The molecule has 2 aromatic rings. The van der Waals surface area contributed by atoms with Gasteiger partial charge in [-0.25, -0.2) is 0 Å². The van der Waals surface area contributed by atoms with Crippen molar-refractivity contribution < 1.29 is 14.3 Å². The minimum atomic E-state index is -0.142. The van der Waals surface area contributed by atoms with Crippen molar-refractivity contribution in [2.45, 2.75) is 25.3 Å². The summed E-state index contributed by atoms with van der Waals surface area (Å²) in [6.45, 7) is 1.36. The summed E-state index contributed by atoms with van der Waals surface area (Å²) in [5, 5.41) is 3.06. The molecule has 0 aliphatic carbocycles. The van der Waals surface area contributed by atoms with Crippen LogP contribution in [0.15, 0.2) is 53.0 Å². The van der Waals surface area contributed by atoms with Crippen LogP contribution in [0.4, 0.5) is 5.69 Å². The van der Waals surface area contributed by atoms with Crippen LogP contribution < -0.4 is 15.0 Å². The smallest absolute Gasteiger partial charge is 0.244 e. The number of nitrogens with zero attached hydrogens (tertiary/aromatic N) is 1. The highest BCUT2D eigenvalue weighted by Crippen LogP contribution is 2.34. The van der Waals surface area contributed by atoms with Crippen molar-refractivity contribution in [1.29, 1.82) is 0 Å². The molecule has 2 aliphatic heterocycles. The minimum absolute atomic E-state index is 0.0676. The van der Waals surface area contributed by atoms with Crippen LogP contribution in [0.2, 0.25) is 0 Å². The molecule has 2 aromatic carbocycles. The number of halogens is 1. The number of nitrogens with one attached hydrogen (secondary N) is 1. The molecule has 1 unspecified atom stereocenters. The first-order chi connectivity index (χ1) is 13.6. The van der Waals surface area contributed by atoms with Crippen LogP contribution in [0, 0.1) is 0 Å². The van der Waals surface area contributed by atoms with E-state index in [1.54, 1.807) is 17.1 Å². The molecule has 5 nitrogen and oxygen atoms in total. The van der Waals surface area contributed by atoms with E-state index >= 15 is 0 Å². The van der Waals surface area contributed by atoms with E-state index in [1.807, 2.05) is 42.5 Å². The average Bonchev–Trinajstić information content (AvgIpc) is 3.13. The zero-order valence-corrected chi connectivity index (χ0v) is 16.9. The number of carbonyl (C=O) groups is 2. The molecule has 0 bridgehead atoms. The van der Waals surface area contributed by atoms with E-state index in [2.05, 4.69) is 21.2 Å². The van der Waals surface area contributed by atoms with E-state index in [9.17, 15) is 9.59 Å². The second-order valence-corrected chi connectivity index (χ2v) is 7.87. The summed E-state index contributed by atoms with van der Waals surface area (Å²) >= 11 is 3.47. The Morgan fingerprint density at radius 1 is 1.21 bits per heavy atom. The summed E-state index contributed by atoms with van der Waals surface area (Å²) in [4.78, 5) is 26.0. The Labute approximate surface area is 172 Å². The molecule has 144 valence electrons. The summed E-state index contributed by atoms with van der Waals surface area (Å²) in [6, 6.07) is 13.5. The van der Waals surface area contributed by atoms with E-state index in [-0.39, 0.29) is 17.9 Å². The molecule has 0 aromatic heterocycles. The average molecular weight is 441 g/mol. The molecule has 6 heteroatoms. The van der Waals surface area contributed by atoms with Crippen LogP contribution in [-0.2, 0) is 9.59 Å². The van der Waals surface area contributed by atoms with Crippen LogP contribution >= 0.6 is 15.9 Å². The van der Waals surface area contributed by atoms with Crippen molar-refractivity contribution in [3.8, 4) is 5.75 Å². The van der Waals surface area contributed by atoms with Crippen LogP contribution in [0.5, 0.6) is 5.75 Å². The fourth-order valence-corrected chi connectivity index (χ4v) is 3.97. The topological polar surface area (TPSA) is 58.6 Å². The van der Waals surface area contributed by atoms with Gasteiger partial charge >= 0.3 is 0 Å². The number of hydrogen-bond acceptors (Lipinski definition) is 3. The molecular formula is C22H21BrN2O3. The molecule has 1 fully saturated rings. The first-order valence-electron chi connectivity index (χ1n) is 9.41. The van der Waals surface area contributed by atoms with E-state index < -0.39 is 0 Å². The van der Waals surface area contributed by atoms with Gasteiger partial charge in [-0.05, 0) is 48.4 Å². The molecule has 0 saturated carbocycles. The molecule has 2 aliphatic rings. The van der Waals surface area contributed by atoms with E-state index in [4.69, 9.17) is 4.74 Å². The Bertz CT molecular complexity index is 924. The number of carbonyl (C=O) groups excluding carboxylic acids is 2. The van der Waals surface area contributed by atoms with Crippen molar-refractivity contribution in [1.82, 2.24) is 5.32 Å². The van der Waals surface area contributed by atoms with Crippen LogP contribution in [0.1, 0.15) is 36.4 Å². The van der Waals surface area contributed by atoms with Gasteiger partial charge in [0.15, 0.2) is 0 Å². The maximum Gasteiger partial charge on any atom is 0.244 e. The van der Waals surface area contributed by atoms with Crippen LogP contribution in [-0.4, -0.2) is 25.0 Å². The highest BCUT2D eigenvalue weighted by atomic mass is 79.9. The molecule has 4 rings (SSSR count). The lowest BCUT2D eigenvalue weighted by Crippen LogP contribution is -2.31.